The van der Waals surface area contributed by atoms with Gasteiger partial charge in [-0.25, -0.2) is 9.67 Å². The fraction of sp³-hybridized carbons (Fsp3) is 0.154. The summed E-state index contributed by atoms with van der Waals surface area (Å²) in [5, 5.41) is 4.95. The number of hydrogen-bond donors (Lipinski definition) is 1. The lowest BCUT2D eigenvalue weighted by molar-refractivity contribution is -0.144. The van der Waals surface area contributed by atoms with Crippen molar-refractivity contribution in [3.8, 4) is 5.69 Å². The van der Waals surface area contributed by atoms with E-state index < -0.39 is 12.0 Å². The second-order valence-corrected chi connectivity index (χ2v) is 5.35. The van der Waals surface area contributed by atoms with E-state index in [-0.39, 0.29) is 10.3 Å². The van der Waals surface area contributed by atoms with Crippen molar-refractivity contribution in [1.29, 1.82) is 0 Å². The number of aryl methyl sites for hydroxylation is 1. The maximum atomic E-state index is 12.9. The van der Waals surface area contributed by atoms with Gasteiger partial charge in [-0.15, -0.1) is 0 Å². The molecule has 0 atom stereocenters. The van der Waals surface area contributed by atoms with Crippen molar-refractivity contribution in [3.63, 3.8) is 0 Å². The van der Waals surface area contributed by atoms with E-state index in [1.54, 1.807) is 31.2 Å². The second kappa shape index (κ2) is 5.06. The summed E-state index contributed by atoms with van der Waals surface area (Å²) in [6.07, 6.45) is -4.63. The smallest absolute Gasteiger partial charge is 0.320 e. The maximum Gasteiger partial charge on any atom is 0.449 e. The molecular formula is C13H8ClF3N4S. The zero-order valence-electron chi connectivity index (χ0n) is 11.1. The topological polar surface area (TPSA) is 46.5 Å². The van der Waals surface area contributed by atoms with E-state index in [2.05, 4.69) is 15.1 Å². The summed E-state index contributed by atoms with van der Waals surface area (Å²) >= 11 is 11.1. The van der Waals surface area contributed by atoms with E-state index in [9.17, 15) is 13.2 Å². The molecule has 0 unspecified atom stereocenters. The van der Waals surface area contributed by atoms with E-state index >= 15 is 0 Å². The number of rotatable bonds is 1. The number of fused-ring (bicyclic) bond motifs is 1. The number of nitrogens with one attached hydrogen (secondary N) is 1. The number of nitrogens with zero attached hydrogens (tertiary/aromatic N) is 3. The SMILES string of the molecule is Cc1nn(-c2ccccc2Cl)c2[nH]c(C(F)(F)F)nc(=S)c12. The molecule has 0 fully saturated rings. The van der Waals surface area contributed by atoms with Crippen molar-refractivity contribution in [3.05, 3.63) is 45.4 Å². The van der Waals surface area contributed by atoms with Gasteiger partial charge in [0.2, 0.25) is 5.82 Å². The molecule has 9 heteroatoms. The molecule has 0 saturated carbocycles. The fourth-order valence-electron chi connectivity index (χ4n) is 2.13. The van der Waals surface area contributed by atoms with Crippen LogP contribution in [-0.4, -0.2) is 19.7 Å². The van der Waals surface area contributed by atoms with Crippen LogP contribution >= 0.6 is 23.8 Å². The highest BCUT2D eigenvalue weighted by atomic mass is 35.5. The Balaban J connectivity index is 2.40. The summed E-state index contributed by atoms with van der Waals surface area (Å²) in [6.45, 7) is 1.65. The van der Waals surface area contributed by atoms with Gasteiger partial charge < -0.3 is 4.98 Å². The van der Waals surface area contributed by atoms with Gasteiger partial charge in [0.05, 0.1) is 21.8 Å². The maximum absolute atomic E-state index is 12.9. The molecule has 1 N–H and O–H groups in total. The molecule has 0 bridgehead atoms. The van der Waals surface area contributed by atoms with Crippen molar-refractivity contribution in [2.45, 2.75) is 13.1 Å². The summed E-state index contributed by atoms with van der Waals surface area (Å²) < 4.78 is 39.9. The lowest BCUT2D eigenvalue weighted by Gasteiger charge is -2.08. The number of aromatic nitrogens is 4. The zero-order valence-corrected chi connectivity index (χ0v) is 12.6. The van der Waals surface area contributed by atoms with E-state index in [1.165, 1.54) is 4.68 Å². The van der Waals surface area contributed by atoms with Gasteiger partial charge in [-0.05, 0) is 19.1 Å². The minimum absolute atomic E-state index is 0.109. The molecule has 0 aliphatic rings. The van der Waals surface area contributed by atoms with E-state index in [0.717, 1.165) is 0 Å². The molecular weight excluding hydrogens is 337 g/mol. The van der Waals surface area contributed by atoms with Crippen LogP contribution in [0.3, 0.4) is 0 Å². The van der Waals surface area contributed by atoms with Gasteiger partial charge >= 0.3 is 6.18 Å². The monoisotopic (exact) mass is 344 g/mol. The molecule has 0 radical (unpaired) electrons. The number of para-hydroxylation sites is 1. The van der Waals surface area contributed by atoms with Crippen LogP contribution in [0.4, 0.5) is 13.2 Å². The molecule has 3 rings (SSSR count). The van der Waals surface area contributed by atoms with Gasteiger partial charge in [0.1, 0.15) is 10.3 Å². The van der Waals surface area contributed by atoms with Crippen LogP contribution in [-0.2, 0) is 6.18 Å². The molecule has 3 aromatic rings. The van der Waals surface area contributed by atoms with Crippen LogP contribution in [0.5, 0.6) is 0 Å². The molecule has 4 nitrogen and oxygen atoms in total. The van der Waals surface area contributed by atoms with Crippen molar-refractivity contribution >= 4 is 34.9 Å². The predicted molar refractivity (Wildman–Crippen MR) is 78.8 cm³/mol. The van der Waals surface area contributed by atoms with Crippen LogP contribution in [0.1, 0.15) is 11.5 Å². The van der Waals surface area contributed by atoms with Crippen molar-refractivity contribution in [2.24, 2.45) is 0 Å². The Morgan fingerprint density at radius 3 is 2.59 bits per heavy atom. The van der Waals surface area contributed by atoms with Crippen molar-refractivity contribution < 1.29 is 13.2 Å². The average Bonchev–Trinajstić information content (AvgIpc) is 2.76. The highest BCUT2D eigenvalue weighted by Crippen LogP contribution is 2.30. The normalized spacial score (nSPS) is 12.0. The first-order chi connectivity index (χ1) is 10.3. The first kappa shape index (κ1) is 15.0. The third-order valence-electron chi connectivity index (χ3n) is 3.07. The number of alkyl halides is 3. The van der Waals surface area contributed by atoms with Gasteiger partial charge in [-0.1, -0.05) is 36.0 Å². The molecule has 114 valence electrons. The highest BCUT2D eigenvalue weighted by Gasteiger charge is 2.35. The van der Waals surface area contributed by atoms with Crippen LogP contribution in [0, 0.1) is 11.6 Å². The third-order valence-corrected chi connectivity index (χ3v) is 3.69. The molecule has 0 spiro atoms. The summed E-state index contributed by atoms with van der Waals surface area (Å²) in [6, 6.07) is 6.71. The number of H-pyrrole nitrogens is 1. The second-order valence-electron chi connectivity index (χ2n) is 4.56. The molecule has 0 aliphatic heterocycles. The molecule has 2 heterocycles. The van der Waals surface area contributed by atoms with Crippen LogP contribution in [0.15, 0.2) is 24.3 Å². The predicted octanol–water partition coefficient (Wildman–Crippen LogP) is 4.46. The van der Waals surface area contributed by atoms with Crippen LogP contribution in [0.25, 0.3) is 16.7 Å². The van der Waals surface area contributed by atoms with Gasteiger partial charge in [0.25, 0.3) is 0 Å². The minimum Gasteiger partial charge on any atom is -0.320 e. The van der Waals surface area contributed by atoms with E-state index in [0.29, 0.717) is 21.8 Å². The van der Waals surface area contributed by atoms with E-state index in [4.69, 9.17) is 23.8 Å². The Kier molecular flexibility index (Phi) is 3.45. The first-order valence-corrected chi connectivity index (χ1v) is 6.89. The fourth-order valence-corrected chi connectivity index (χ4v) is 2.68. The summed E-state index contributed by atoms with van der Waals surface area (Å²) in [4.78, 5) is 5.67. The Bertz CT molecular complexity index is 929. The Hall–Kier alpha value is -1.93. The minimum atomic E-state index is -4.63. The molecule has 0 aliphatic carbocycles. The number of benzene rings is 1. The quantitative estimate of drug-likeness (QED) is 0.663. The Morgan fingerprint density at radius 1 is 1.27 bits per heavy atom. The third kappa shape index (κ3) is 2.38. The van der Waals surface area contributed by atoms with Gasteiger partial charge in [-0.2, -0.15) is 18.3 Å². The molecule has 2 aromatic heterocycles. The largest absolute Gasteiger partial charge is 0.449 e. The van der Waals surface area contributed by atoms with Gasteiger partial charge in [0, 0.05) is 0 Å². The summed E-state index contributed by atoms with van der Waals surface area (Å²) in [5.74, 6) is -1.17. The molecule has 0 saturated heterocycles. The summed E-state index contributed by atoms with van der Waals surface area (Å²) in [7, 11) is 0. The number of halogens is 4. The molecule has 0 amide bonds. The lowest BCUT2D eigenvalue weighted by Crippen LogP contribution is -2.12. The molecule has 1 aromatic carbocycles. The highest BCUT2D eigenvalue weighted by molar-refractivity contribution is 7.71. The van der Waals surface area contributed by atoms with Gasteiger partial charge in [0.15, 0.2) is 0 Å². The molecule has 22 heavy (non-hydrogen) atoms. The standard InChI is InChI=1S/C13H8ClF3N4S/c1-6-9-10(18-12(13(15,16)17)19-11(9)22)21(20-6)8-5-3-2-4-7(8)14/h2-5H,1H3,(H,18,19,22). The number of aromatic amines is 1. The first-order valence-electron chi connectivity index (χ1n) is 6.11. The zero-order chi connectivity index (χ0) is 16.1. The lowest BCUT2D eigenvalue weighted by atomic mass is 10.3. The van der Waals surface area contributed by atoms with Crippen molar-refractivity contribution in [1.82, 2.24) is 19.7 Å². The van der Waals surface area contributed by atoms with Crippen molar-refractivity contribution in [2.75, 3.05) is 0 Å². The average molecular weight is 345 g/mol. The Labute approximate surface area is 132 Å². The van der Waals surface area contributed by atoms with E-state index in [1.807, 2.05) is 0 Å². The Morgan fingerprint density at radius 2 is 1.95 bits per heavy atom. The van der Waals surface area contributed by atoms with Gasteiger partial charge in [-0.3, -0.25) is 0 Å². The summed E-state index contributed by atoms with van der Waals surface area (Å²) in [5.41, 5.74) is 1.03. The van der Waals surface area contributed by atoms with Crippen LogP contribution < -0.4 is 0 Å². The number of hydrogen-bond acceptors (Lipinski definition) is 3. The van der Waals surface area contributed by atoms with Crippen LogP contribution in [0.2, 0.25) is 5.02 Å².